The molecule has 1 heterocycles. The molecule has 524 valence electrons. The van der Waals surface area contributed by atoms with Crippen molar-refractivity contribution in [3.63, 3.8) is 0 Å². The monoisotopic (exact) mass is 1300 g/mol. The minimum absolute atomic E-state index is 0.0369. The van der Waals surface area contributed by atoms with E-state index in [1.807, 2.05) is 47.6 Å². The summed E-state index contributed by atoms with van der Waals surface area (Å²) in [5, 5.41) is 2.80. The van der Waals surface area contributed by atoms with E-state index in [4.69, 9.17) is 9.47 Å². The van der Waals surface area contributed by atoms with Crippen molar-refractivity contribution >= 4 is 76.9 Å². The number of rotatable bonds is 19. The Bertz CT molecular complexity index is 2570. The summed E-state index contributed by atoms with van der Waals surface area (Å²) in [6.07, 6.45) is 2.61. The molecule has 0 spiro atoms. The van der Waals surface area contributed by atoms with E-state index >= 15 is 19.2 Å². The summed E-state index contributed by atoms with van der Waals surface area (Å²) < 4.78 is 11.5. The van der Waals surface area contributed by atoms with Crippen LogP contribution in [-0.4, -0.2) is 228 Å². The average Bonchev–Trinajstić information content (AvgIpc) is 1.52. The summed E-state index contributed by atoms with van der Waals surface area (Å²) in [5.74, 6) is -13.2. The third-order valence-corrected chi connectivity index (χ3v) is 18.1. The zero-order valence-corrected chi connectivity index (χ0v) is 60.5. The maximum Gasteiger partial charge on any atom is 0.303 e. The van der Waals surface area contributed by atoms with Crippen molar-refractivity contribution in [3.8, 4) is 0 Å². The second-order valence-corrected chi connectivity index (χ2v) is 28.0. The third kappa shape index (κ3) is 23.3. The minimum atomic E-state index is -1.63. The molecule has 0 aromatic carbocycles. The molecule has 1 N–H and O–H groups in total. The summed E-state index contributed by atoms with van der Waals surface area (Å²) in [5.41, 5.74) is 0. The molecule has 0 saturated carbocycles. The van der Waals surface area contributed by atoms with Crippen molar-refractivity contribution in [2.24, 2.45) is 59.2 Å². The van der Waals surface area contributed by atoms with Gasteiger partial charge in [0.15, 0.2) is 11.6 Å². The van der Waals surface area contributed by atoms with Gasteiger partial charge >= 0.3 is 5.97 Å². The molecule has 1 saturated heterocycles. The number of amides is 8. The zero-order chi connectivity index (χ0) is 71.3. The van der Waals surface area contributed by atoms with Gasteiger partial charge in [0.05, 0.1) is 18.7 Å². The average molecular weight is 1300 g/mol. The summed E-state index contributed by atoms with van der Waals surface area (Å²) >= 11 is 0. The van der Waals surface area contributed by atoms with E-state index in [2.05, 4.69) is 5.32 Å². The van der Waals surface area contributed by atoms with E-state index in [1.165, 1.54) is 80.8 Å². The molecule has 0 aliphatic carbocycles. The number of nitrogens with one attached hydrogen (secondary N) is 1. The highest BCUT2D eigenvalue weighted by molar-refractivity contribution is 6.00. The molecule has 23 nitrogen and oxygen atoms in total. The number of allylic oxidation sites excluding steroid dienone is 2. The van der Waals surface area contributed by atoms with Gasteiger partial charge in [-0.2, -0.15) is 0 Å². The van der Waals surface area contributed by atoms with Crippen molar-refractivity contribution in [1.82, 2.24) is 39.6 Å². The van der Waals surface area contributed by atoms with Crippen LogP contribution in [0.5, 0.6) is 0 Å². The van der Waals surface area contributed by atoms with Crippen LogP contribution in [0.4, 0.5) is 0 Å². The largest absolute Gasteiger partial charge is 0.459 e. The van der Waals surface area contributed by atoms with E-state index in [9.17, 15) is 43.2 Å². The molecule has 1 fully saturated rings. The Balaban J connectivity index is 4.55. The van der Waals surface area contributed by atoms with Gasteiger partial charge in [0, 0.05) is 99.2 Å². The lowest BCUT2D eigenvalue weighted by atomic mass is 9.83. The van der Waals surface area contributed by atoms with Crippen LogP contribution in [0.25, 0.3) is 0 Å². The first kappa shape index (κ1) is 83.6. The summed E-state index contributed by atoms with van der Waals surface area (Å²) in [6, 6.07) is -10.2. The zero-order valence-electron chi connectivity index (χ0n) is 60.5. The highest BCUT2D eigenvalue weighted by Crippen LogP contribution is 2.30. The van der Waals surface area contributed by atoms with Gasteiger partial charge in [0.1, 0.15) is 61.0 Å². The van der Waals surface area contributed by atoms with Gasteiger partial charge in [-0.05, 0) is 81.5 Å². The Labute approximate surface area is 550 Å². The van der Waals surface area contributed by atoms with Crippen molar-refractivity contribution in [2.75, 3.05) is 62.5 Å². The number of hydrogen-bond donors (Lipinski definition) is 1. The summed E-state index contributed by atoms with van der Waals surface area (Å²) in [6.45, 7) is 30.4. The predicted octanol–water partition coefficient (Wildman–Crippen LogP) is 6.31. The quantitative estimate of drug-likeness (QED) is 0.0643. The lowest BCUT2D eigenvalue weighted by Crippen LogP contribution is -2.64. The number of esters is 1. The normalized spacial score (nSPS) is 27.0. The molecule has 1 aliphatic heterocycles. The van der Waals surface area contributed by atoms with Gasteiger partial charge in [-0.3, -0.25) is 57.5 Å². The minimum Gasteiger partial charge on any atom is -0.459 e. The number of nitrogens with zero attached hydrogens (tertiary/aromatic N) is 7. The molecule has 0 unspecified atom stereocenters. The maximum atomic E-state index is 15.5. The first-order valence-corrected chi connectivity index (χ1v) is 33.1. The van der Waals surface area contributed by atoms with Crippen molar-refractivity contribution < 1.29 is 71.8 Å². The number of likely N-dealkylation sites (N-methyl/N-ethyl adjacent to an activating group) is 7. The van der Waals surface area contributed by atoms with E-state index < -0.39 is 173 Å². The van der Waals surface area contributed by atoms with Gasteiger partial charge in [0.25, 0.3) is 0 Å². The Hall–Kier alpha value is -6.39. The number of carbonyl (C=O) groups excluding carboxylic acids is 13. The number of carbonyl (C=O) groups is 13. The van der Waals surface area contributed by atoms with Crippen molar-refractivity contribution in [3.05, 3.63) is 12.2 Å². The lowest BCUT2D eigenvalue weighted by Gasteiger charge is -2.42. The van der Waals surface area contributed by atoms with Crippen molar-refractivity contribution in [1.29, 1.82) is 0 Å². The Kier molecular flexibility index (Phi) is 35.2. The maximum absolute atomic E-state index is 15.5. The third-order valence-electron chi connectivity index (χ3n) is 18.1. The molecule has 92 heavy (non-hydrogen) atoms. The van der Waals surface area contributed by atoms with E-state index in [-0.39, 0.29) is 75.9 Å². The van der Waals surface area contributed by atoms with Crippen LogP contribution in [0, 0.1) is 59.2 Å². The van der Waals surface area contributed by atoms with Crippen LogP contribution >= 0.6 is 0 Å². The fourth-order valence-corrected chi connectivity index (χ4v) is 12.4. The fraction of sp³-hybridized carbons (Fsp3) is 0.783. The van der Waals surface area contributed by atoms with E-state index in [0.717, 1.165) is 16.7 Å². The Morgan fingerprint density at radius 2 is 1.00 bits per heavy atom. The molecule has 23 heteroatoms. The Morgan fingerprint density at radius 3 is 1.47 bits per heavy atom. The summed E-state index contributed by atoms with van der Waals surface area (Å²) in [4.78, 5) is 197. The van der Waals surface area contributed by atoms with Crippen LogP contribution in [0.2, 0.25) is 0 Å². The van der Waals surface area contributed by atoms with Gasteiger partial charge < -0.3 is 53.9 Å². The first-order valence-electron chi connectivity index (χ1n) is 33.1. The summed E-state index contributed by atoms with van der Waals surface area (Å²) in [7, 11) is 9.98. The fourth-order valence-electron chi connectivity index (χ4n) is 12.4. The number of ketones is 3. The number of aldehydes is 1. The van der Waals surface area contributed by atoms with Gasteiger partial charge in [-0.1, -0.05) is 116 Å². The number of Topliss-reactive ketones (excluding diaryl/α,β-unsaturated/α-hetero) is 3. The van der Waals surface area contributed by atoms with E-state index in [0.29, 0.717) is 6.29 Å². The number of ether oxygens (including phenoxy) is 2. The molecule has 14 atom stereocenters. The standard InChI is InChI=1S/C69H118N8O15/c1-26-28-29-44(13)61(92-49(18)79)60-62(83)70-51(27-2)66(87)71(19)48(17)64(85)76(24)59(47(16)38-91-31-30-78)57(82)37-50(42(9)10)65(86)72(20)52(32-39(3)4)56(81)35-45(14)55(80)36-46(15)63(84)73(21)53(33-40(5)6)67(88)74(22)54(34-41(7)8)68(89)75(23)58(43(11)12)69(90)77(60)25/h26,28,30,39-48,50-54,58-61H,27,29,31-38H2,1-25H3,(H,70,83)/b28-26+/t44-,45-,46+,47-,48-,50+,51+,52+,53+,54+,58+,59+,60+,61-/m1/s1. The van der Waals surface area contributed by atoms with E-state index in [1.54, 1.807) is 75.3 Å². The van der Waals surface area contributed by atoms with Crippen LogP contribution in [0.15, 0.2) is 12.2 Å². The smallest absolute Gasteiger partial charge is 0.303 e. The molecule has 8 amide bonds. The molecule has 0 radical (unpaired) electrons. The molecule has 0 aromatic rings. The SMILES string of the molecule is C/C=C/C[C@@H](C)[C@@H](OC(C)=O)[C@H]1C(=O)N[C@@H](CC)C(=O)N(C)[C@H](C)C(=O)N(C)[C@@H]([C@H](C)COCC=O)C(=O)C[C@@H](C(C)C)C(=O)N(C)[C@@H](CC(C)C)C(=O)C[C@@H](C)C(=O)C[C@H](C)C(=O)N(C)[C@@H](CC(C)C)C(=O)N(C)[C@@H](CC(C)C)C(=O)N(C)[C@@H](C(C)C)C(=O)N1C. The first-order chi connectivity index (χ1) is 42.6. The highest BCUT2D eigenvalue weighted by Gasteiger charge is 2.47. The highest BCUT2D eigenvalue weighted by atomic mass is 16.5. The second-order valence-electron chi connectivity index (χ2n) is 28.0. The van der Waals surface area contributed by atoms with Crippen LogP contribution in [-0.2, 0) is 71.8 Å². The molecule has 1 aliphatic rings. The van der Waals surface area contributed by atoms with Crippen molar-refractivity contribution in [2.45, 2.75) is 230 Å². The van der Waals surface area contributed by atoms with Crippen LogP contribution < -0.4 is 5.32 Å². The lowest BCUT2D eigenvalue weighted by molar-refractivity contribution is -0.164. The Morgan fingerprint density at radius 1 is 0.533 bits per heavy atom. The molecular formula is C69H118N8O15. The molecule has 0 bridgehead atoms. The molecule has 1 rings (SSSR count). The van der Waals surface area contributed by atoms with Crippen LogP contribution in [0.1, 0.15) is 176 Å². The number of hydrogen-bond acceptors (Lipinski definition) is 15. The second kappa shape index (κ2) is 38.7. The van der Waals surface area contributed by atoms with Crippen LogP contribution in [0.3, 0.4) is 0 Å². The molecule has 0 aromatic heterocycles. The van der Waals surface area contributed by atoms with Gasteiger partial charge in [-0.25, -0.2) is 0 Å². The molecular weight excluding hydrogens is 1180 g/mol. The predicted molar refractivity (Wildman–Crippen MR) is 353 cm³/mol. The van der Waals surface area contributed by atoms with Gasteiger partial charge in [0.2, 0.25) is 47.3 Å². The van der Waals surface area contributed by atoms with Gasteiger partial charge in [-0.15, -0.1) is 0 Å². The topological polar surface area (TPSA) is 275 Å².